The van der Waals surface area contributed by atoms with Gasteiger partial charge in [0.15, 0.2) is 5.82 Å². The number of aromatic nitrogens is 2. The van der Waals surface area contributed by atoms with Gasteiger partial charge in [0.05, 0.1) is 6.20 Å². The standard InChI is InChI=1S/C8H12BFN2O3/c10-6-5-11-12(8(6)9(13)14)7-3-1-2-4-15-7/h5,7,13-14H,1-4H2. The van der Waals surface area contributed by atoms with E-state index in [-0.39, 0.29) is 11.8 Å². The van der Waals surface area contributed by atoms with E-state index in [0.29, 0.717) is 13.0 Å². The summed E-state index contributed by atoms with van der Waals surface area (Å²) in [5.41, 5.74) is -0.234. The van der Waals surface area contributed by atoms with Crippen molar-refractivity contribution in [1.29, 1.82) is 0 Å². The molecule has 1 saturated heterocycles. The third-order valence-electron chi connectivity index (χ3n) is 2.46. The molecule has 2 rings (SSSR count). The van der Waals surface area contributed by atoms with Gasteiger partial charge in [-0.1, -0.05) is 0 Å². The Labute approximate surface area is 86.6 Å². The molecule has 1 fully saturated rings. The molecule has 5 nitrogen and oxygen atoms in total. The number of rotatable bonds is 2. The van der Waals surface area contributed by atoms with Crippen LogP contribution in [-0.2, 0) is 4.74 Å². The first kappa shape index (κ1) is 10.6. The van der Waals surface area contributed by atoms with Gasteiger partial charge >= 0.3 is 7.12 Å². The van der Waals surface area contributed by atoms with Crippen LogP contribution in [0, 0.1) is 5.82 Å². The Hall–Kier alpha value is -0.915. The van der Waals surface area contributed by atoms with Crippen LogP contribution in [0.5, 0.6) is 0 Å². The van der Waals surface area contributed by atoms with Crippen LogP contribution in [0.25, 0.3) is 0 Å². The molecule has 0 aromatic carbocycles. The van der Waals surface area contributed by atoms with Crippen molar-refractivity contribution in [2.45, 2.75) is 25.5 Å². The van der Waals surface area contributed by atoms with Crippen molar-refractivity contribution in [3.63, 3.8) is 0 Å². The average Bonchev–Trinajstić information content (AvgIpc) is 2.61. The molecule has 1 unspecified atom stereocenters. The highest BCUT2D eigenvalue weighted by Crippen LogP contribution is 2.20. The first-order valence-corrected chi connectivity index (χ1v) is 4.91. The summed E-state index contributed by atoms with van der Waals surface area (Å²) in [4.78, 5) is 0. The van der Waals surface area contributed by atoms with Crippen LogP contribution in [0.1, 0.15) is 25.5 Å². The lowest BCUT2D eigenvalue weighted by Gasteiger charge is -2.24. The van der Waals surface area contributed by atoms with Crippen LogP contribution in [0.2, 0.25) is 0 Å². The van der Waals surface area contributed by atoms with Crippen LogP contribution in [0.15, 0.2) is 6.20 Å². The minimum Gasteiger partial charge on any atom is -0.422 e. The molecule has 7 heteroatoms. The summed E-state index contributed by atoms with van der Waals surface area (Å²) in [5.74, 6) is -0.723. The minimum absolute atomic E-state index is 0.234. The molecule has 82 valence electrons. The summed E-state index contributed by atoms with van der Waals surface area (Å²) in [6.45, 7) is 0.590. The molecule has 0 radical (unpaired) electrons. The van der Waals surface area contributed by atoms with Gasteiger partial charge in [-0.15, -0.1) is 0 Å². The van der Waals surface area contributed by atoms with Gasteiger partial charge < -0.3 is 14.8 Å². The number of halogens is 1. The van der Waals surface area contributed by atoms with E-state index >= 15 is 0 Å². The monoisotopic (exact) mass is 214 g/mol. The Balaban J connectivity index is 2.26. The van der Waals surface area contributed by atoms with Crippen molar-refractivity contribution in [2.75, 3.05) is 6.61 Å². The molecule has 0 amide bonds. The van der Waals surface area contributed by atoms with E-state index in [4.69, 9.17) is 14.8 Å². The largest absolute Gasteiger partial charge is 0.511 e. The fraction of sp³-hybridized carbons (Fsp3) is 0.625. The van der Waals surface area contributed by atoms with E-state index in [0.717, 1.165) is 19.0 Å². The second-order valence-corrected chi connectivity index (χ2v) is 3.52. The van der Waals surface area contributed by atoms with Gasteiger partial charge in [0.1, 0.15) is 11.8 Å². The maximum atomic E-state index is 13.2. The predicted octanol–water partition coefficient (Wildman–Crippen LogP) is -0.599. The first-order chi connectivity index (χ1) is 7.20. The van der Waals surface area contributed by atoms with Crippen LogP contribution in [0.3, 0.4) is 0 Å². The predicted molar refractivity (Wildman–Crippen MR) is 50.9 cm³/mol. The number of ether oxygens (including phenoxy) is 1. The maximum absolute atomic E-state index is 13.2. The van der Waals surface area contributed by atoms with Gasteiger partial charge in [0.2, 0.25) is 0 Å². The second-order valence-electron chi connectivity index (χ2n) is 3.52. The van der Waals surface area contributed by atoms with Gasteiger partial charge in [0.25, 0.3) is 0 Å². The average molecular weight is 214 g/mol. The lowest BCUT2D eigenvalue weighted by Crippen LogP contribution is -2.41. The van der Waals surface area contributed by atoms with Crippen LogP contribution in [0.4, 0.5) is 4.39 Å². The molecule has 0 bridgehead atoms. The van der Waals surface area contributed by atoms with Crippen molar-refractivity contribution in [1.82, 2.24) is 9.78 Å². The maximum Gasteiger partial charge on any atom is 0.511 e. The molecule has 0 spiro atoms. The van der Waals surface area contributed by atoms with Gasteiger partial charge in [-0.3, -0.25) is 0 Å². The molecular formula is C8H12BFN2O3. The molecule has 15 heavy (non-hydrogen) atoms. The smallest absolute Gasteiger partial charge is 0.422 e. The molecule has 0 aliphatic carbocycles. The topological polar surface area (TPSA) is 67.5 Å². The quantitative estimate of drug-likeness (QED) is 0.645. The fourth-order valence-corrected chi connectivity index (χ4v) is 1.74. The molecule has 0 saturated carbocycles. The summed E-state index contributed by atoms with van der Waals surface area (Å²) >= 11 is 0. The first-order valence-electron chi connectivity index (χ1n) is 4.91. The Kier molecular flexibility index (Phi) is 3.04. The molecule has 1 aliphatic rings. The Bertz CT molecular complexity index is 339. The highest BCUT2D eigenvalue weighted by atomic mass is 19.1. The molecule has 1 atom stereocenters. The molecular weight excluding hydrogens is 202 g/mol. The number of hydrogen-bond acceptors (Lipinski definition) is 4. The van der Waals surface area contributed by atoms with Gasteiger partial charge in [-0.2, -0.15) is 5.10 Å². The van der Waals surface area contributed by atoms with Crippen molar-refractivity contribution < 1.29 is 19.2 Å². The second kappa shape index (κ2) is 4.30. The van der Waals surface area contributed by atoms with E-state index in [1.165, 1.54) is 4.68 Å². The van der Waals surface area contributed by atoms with Crippen LogP contribution in [-0.4, -0.2) is 33.6 Å². The van der Waals surface area contributed by atoms with Gasteiger partial charge in [0, 0.05) is 6.61 Å². The van der Waals surface area contributed by atoms with Gasteiger partial charge in [-0.25, -0.2) is 9.07 Å². The highest BCUT2D eigenvalue weighted by molar-refractivity contribution is 6.57. The van der Waals surface area contributed by atoms with Crippen molar-refractivity contribution >= 4 is 12.7 Å². The summed E-state index contributed by atoms with van der Waals surface area (Å²) in [6.07, 6.45) is 3.22. The SMILES string of the molecule is OB(O)c1c(F)cnn1C1CCCCO1. The fourth-order valence-electron chi connectivity index (χ4n) is 1.74. The zero-order chi connectivity index (χ0) is 10.8. The number of nitrogens with zero attached hydrogens (tertiary/aromatic N) is 2. The lowest BCUT2D eigenvalue weighted by molar-refractivity contribution is -0.0380. The summed E-state index contributed by atoms with van der Waals surface area (Å²) < 4.78 is 19.7. The molecule has 2 N–H and O–H groups in total. The van der Waals surface area contributed by atoms with Crippen LogP contribution < -0.4 is 5.59 Å². The minimum atomic E-state index is -1.86. The Morgan fingerprint density at radius 1 is 1.53 bits per heavy atom. The lowest BCUT2D eigenvalue weighted by atomic mass is 9.85. The summed E-state index contributed by atoms with van der Waals surface area (Å²) in [7, 11) is -1.86. The summed E-state index contributed by atoms with van der Waals surface area (Å²) in [6, 6.07) is 0. The Morgan fingerprint density at radius 3 is 2.93 bits per heavy atom. The zero-order valence-corrected chi connectivity index (χ0v) is 8.14. The van der Waals surface area contributed by atoms with Crippen molar-refractivity contribution in [3.8, 4) is 0 Å². The van der Waals surface area contributed by atoms with Gasteiger partial charge in [-0.05, 0) is 19.3 Å². The number of hydrogen-bond donors (Lipinski definition) is 2. The van der Waals surface area contributed by atoms with E-state index < -0.39 is 12.9 Å². The van der Waals surface area contributed by atoms with Crippen molar-refractivity contribution in [2.24, 2.45) is 0 Å². The third kappa shape index (κ3) is 2.04. The van der Waals surface area contributed by atoms with E-state index in [1.54, 1.807) is 0 Å². The van der Waals surface area contributed by atoms with E-state index in [1.807, 2.05) is 0 Å². The molecule has 1 aliphatic heterocycles. The normalized spacial score (nSPS) is 21.7. The third-order valence-corrected chi connectivity index (χ3v) is 2.46. The van der Waals surface area contributed by atoms with Crippen molar-refractivity contribution in [3.05, 3.63) is 12.0 Å². The molecule has 1 aromatic heterocycles. The molecule has 1 aromatic rings. The zero-order valence-electron chi connectivity index (χ0n) is 8.14. The highest BCUT2D eigenvalue weighted by Gasteiger charge is 2.28. The molecule has 2 heterocycles. The Morgan fingerprint density at radius 2 is 2.33 bits per heavy atom. The summed E-state index contributed by atoms with van der Waals surface area (Å²) in [5, 5.41) is 21.8. The van der Waals surface area contributed by atoms with E-state index in [2.05, 4.69) is 5.10 Å². The van der Waals surface area contributed by atoms with Crippen LogP contribution >= 0.6 is 0 Å². The van der Waals surface area contributed by atoms with E-state index in [9.17, 15) is 4.39 Å².